The van der Waals surface area contributed by atoms with E-state index < -0.39 is 0 Å². The number of hydrogen-bond acceptors (Lipinski definition) is 3. The first-order valence-electron chi connectivity index (χ1n) is 9.22. The van der Waals surface area contributed by atoms with Crippen LogP contribution in [-0.2, 0) is 19.5 Å². The average Bonchev–Trinajstić information content (AvgIpc) is 3.10. The van der Waals surface area contributed by atoms with Crippen LogP contribution in [0.2, 0.25) is 0 Å². The summed E-state index contributed by atoms with van der Waals surface area (Å²) >= 11 is 0. The summed E-state index contributed by atoms with van der Waals surface area (Å²) < 4.78 is 0. The van der Waals surface area contributed by atoms with Crippen molar-refractivity contribution in [3.8, 4) is 0 Å². The van der Waals surface area contributed by atoms with Gasteiger partial charge in [0.25, 0.3) is 0 Å². The third-order valence-corrected chi connectivity index (χ3v) is 5.30. The SMILES string of the molecule is NCc1ccc(CN2CCCC(Cc3ccc4[nH]ncc4c3)C2)cc1. The van der Waals surface area contributed by atoms with Crippen molar-refractivity contribution in [2.24, 2.45) is 11.7 Å². The second-order valence-electron chi connectivity index (χ2n) is 7.26. The lowest BCUT2D eigenvalue weighted by molar-refractivity contribution is 0.167. The quantitative estimate of drug-likeness (QED) is 0.751. The van der Waals surface area contributed by atoms with E-state index in [-0.39, 0.29) is 0 Å². The molecule has 3 N–H and O–H groups in total. The molecule has 1 aliphatic rings. The summed E-state index contributed by atoms with van der Waals surface area (Å²) in [5.41, 5.74) is 10.8. The number of H-pyrrole nitrogens is 1. The second-order valence-corrected chi connectivity index (χ2v) is 7.26. The maximum absolute atomic E-state index is 5.69. The minimum Gasteiger partial charge on any atom is -0.326 e. The molecule has 0 radical (unpaired) electrons. The summed E-state index contributed by atoms with van der Waals surface area (Å²) in [6.07, 6.45) is 5.69. The van der Waals surface area contributed by atoms with E-state index in [1.807, 2.05) is 6.20 Å². The van der Waals surface area contributed by atoms with Gasteiger partial charge in [0.1, 0.15) is 0 Å². The molecule has 3 aromatic rings. The second kappa shape index (κ2) is 7.38. The van der Waals surface area contributed by atoms with Crippen LogP contribution in [0, 0.1) is 5.92 Å². The molecule has 130 valence electrons. The number of piperidine rings is 1. The summed E-state index contributed by atoms with van der Waals surface area (Å²) in [6, 6.07) is 15.4. The van der Waals surface area contributed by atoms with E-state index in [9.17, 15) is 0 Å². The van der Waals surface area contributed by atoms with E-state index in [0.29, 0.717) is 6.54 Å². The first-order chi connectivity index (χ1) is 12.3. The van der Waals surface area contributed by atoms with Crippen molar-refractivity contribution in [2.45, 2.75) is 32.4 Å². The van der Waals surface area contributed by atoms with Crippen LogP contribution in [-0.4, -0.2) is 28.2 Å². The highest BCUT2D eigenvalue weighted by molar-refractivity contribution is 5.78. The number of fused-ring (bicyclic) bond motifs is 1. The van der Waals surface area contributed by atoms with Gasteiger partial charge < -0.3 is 5.73 Å². The van der Waals surface area contributed by atoms with Gasteiger partial charge in [-0.3, -0.25) is 10.00 Å². The molecule has 2 aromatic carbocycles. The molecule has 4 heteroatoms. The summed E-state index contributed by atoms with van der Waals surface area (Å²) in [5, 5.41) is 8.36. The van der Waals surface area contributed by atoms with Crippen molar-refractivity contribution >= 4 is 10.9 Å². The van der Waals surface area contributed by atoms with Crippen molar-refractivity contribution in [1.82, 2.24) is 15.1 Å². The Labute approximate surface area is 149 Å². The fourth-order valence-corrected chi connectivity index (χ4v) is 3.95. The van der Waals surface area contributed by atoms with Gasteiger partial charge in [-0.25, -0.2) is 0 Å². The third-order valence-electron chi connectivity index (χ3n) is 5.30. The lowest BCUT2D eigenvalue weighted by Crippen LogP contribution is -2.35. The van der Waals surface area contributed by atoms with Crippen LogP contribution in [0.25, 0.3) is 10.9 Å². The smallest absolute Gasteiger partial charge is 0.0650 e. The van der Waals surface area contributed by atoms with E-state index in [2.05, 4.69) is 57.6 Å². The molecule has 1 unspecified atom stereocenters. The molecule has 1 aromatic heterocycles. The third kappa shape index (κ3) is 3.91. The van der Waals surface area contributed by atoms with Crippen LogP contribution in [0.3, 0.4) is 0 Å². The van der Waals surface area contributed by atoms with Crippen LogP contribution in [0.4, 0.5) is 0 Å². The Balaban J connectivity index is 1.38. The zero-order chi connectivity index (χ0) is 17.1. The lowest BCUT2D eigenvalue weighted by Gasteiger charge is -2.33. The topological polar surface area (TPSA) is 57.9 Å². The predicted molar refractivity (Wildman–Crippen MR) is 102 cm³/mol. The highest BCUT2D eigenvalue weighted by Crippen LogP contribution is 2.24. The van der Waals surface area contributed by atoms with Gasteiger partial charge in [0, 0.05) is 25.0 Å². The van der Waals surface area contributed by atoms with Crippen LogP contribution >= 0.6 is 0 Å². The Morgan fingerprint density at radius 3 is 2.72 bits per heavy atom. The monoisotopic (exact) mass is 334 g/mol. The highest BCUT2D eigenvalue weighted by Gasteiger charge is 2.20. The standard InChI is InChI=1S/C21H26N4/c22-12-16-3-5-17(6-4-16)14-25-9-1-2-19(15-25)10-18-7-8-21-20(11-18)13-23-24-21/h3-8,11,13,19H,1-2,9-10,12,14-15,22H2,(H,23,24). The maximum atomic E-state index is 5.69. The molecule has 1 aliphatic heterocycles. The van der Waals surface area contributed by atoms with Crippen molar-refractivity contribution in [2.75, 3.05) is 13.1 Å². The molecule has 2 heterocycles. The fourth-order valence-electron chi connectivity index (χ4n) is 3.95. The number of likely N-dealkylation sites (tertiary alicyclic amines) is 1. The van der Waals surface area contributed by atoms with Gasteiger partial charge in [-0.05, 0) is 60.5 Å². The van der Waals surface area contributed by atoms with Crippen LogP contribution in [0.5, 0.6) is 0 Å². The molecular formula is C21H26N4. The minimum absolute atomic E-state index is 0.618. The van der Waals surface area contributed by atoms with Crippen LogP contribution in [0.15, 0.2) is 48.7 Å². The van der Waals surface area contributed by atoms with E-state index >= 15 is 0 Å². The molecule has 1 fully saturated rings. The Morgan fingerprint density at radius 1 is 1.08 bits per heavy atom. The summed E-state index contributed by atoms with van der Waals surface area (Å²) in [7, 11) is 0. The molecule has 0 bridgehead atoms. The van der Waals surface area contributed by atoms with E-state index in [1.165, 1.54) is 48.0 Å². The largest absolute Gasteiger partial charge is 0.326 e. The van der Waals surface area contributed by atoms with Gasteiger partial charge in [-0.15, -0.1) is 0 Å². The number of aromatic amines is 1. The van der Waals surface area contributed by atoms with Gasteiger partial charge in [0.15, 0.2) is 0 Å². The molecule has 25 heavy (non-hydrogen) atoms. The maximum Gasteiger partial charge on any atom is 0.0650 e. The van der Waals surface area contributed by atoms with E-state index in [0.717, 1.165) is 24.4 Å². The molecule has 1 saturated heterocycles. The fraction of sp³-hybridized carbons (Fsp3) is 0.381. The summed E-state index contributed by atoms with van der Waals surface area (Å²) in [5.74, 6) is 0.737. The van der Waals surface area contributed by atoms with Crippen LogP contribution < -0.4 is 5.73 Å². The van der Waals surface area contributed by atoms with Gasteiger partial charge in [-0.1, -0.05) is 30.3 Å². The van der Waals surface area contributed by atoms with Crippen LogP contribution in [0.1, 0.15) is 29.5 Å². The number of benzene rings is 2. The summed E-state index contributed by atoms with van der Waals surface area (Å²) in [6.45, 7) is 4.05. The molecule has 0 aliphatic carbocycles. The number of nitrogens with two attached hydrogens (primary N) is 1. The van der Waals surface area contributed by atoms with Crippen molar-refractivity contribution in [3.63, 3.8) is 0 Å². The first kappa shape index (κ1) is 16.3. The van der Waals surface area contributed by atoms with Crippen molar-refractivity contribution < 1.29 is 0 Å². The molecule has 4 nitrogen and oxygen atoms in total. The zero-order valence-electron chi connectivity index (χ0n) is 14.6. The molecule has 0 saturated carbocycles. The number of nitrogens with one attached hydrogen (secondary N) is 1. The van der Waals surface area contributed by atoms with Gasteiger partial charge in [0.05, 0.1) is 11.7 Å². The average molecular weight is 334 g/mol. The summed E-state index contributed by atoms with van der Waals surface area (Å²) in [4.78, 5) is 2.60. The Bertz CT molecular complexity index is 821. The normalized spacial score (nSPS) is 18.7. The van der Waals surface area contributed by atoms with Gasteiger partial charge in [-0.2, -0.15) is 5.10 Å². The van der Waals surface area contributed by atoms with Crippen molar-refractivity contribution in [1.29, 1.82) is 0 Å². The molecule has 4 rings (SSSR count). The Kier molecular flexibility index (Phi) is 4.81. The van der Waals surface area contributed by atoms with Gasteiger partial charge in [0.2, 0.25) is 0 Å². The molecule has 1 atom stereocenters. The molecule has 0 amide bonds. The van der Waals surface area contributed by atoms with E-state index in [4.69, 9.17) is 5.73 Å². The van der Waals surface area contributed by atoms with Gasteiger partial charge >= 0.3 is 0 Å². The van der Waals surface area contributed by atoms with E-state index in [1.54, 1.807) is 0 Å². The predicted octanol–water partition coefficient (Wildman–Crippen LogP) is 3.48. The molecular weight excluding hydrogens is 308 g/mol. The number of aromatic nitrogens is 2. The Morgan fingerprint density at radius 2 is 1.88 bits per heavy atom. The highest BCUT2D eigenvalue weighted by atomic mass is 15.1. The lowest BCUT2D eigenvalue weighted by atomic mass is 9.90. The Hall–Kier alpha value is -2.17. The number of nitrogens with zero attached hydrogens (tertiary/aromatic N) is 2. The number of hydrogen-bond donors (Lipinski definition) is 2. The number of rotatable bonds is 5. The minimum atomic E-state index is 0.618. The zero-order valence-corrected chi connectivity index (χ0v) is 14.6. The van der Waals surface area contributed by atoms with Crippen molar-refractivity contribution in [3.05, 3.63) is 65.4 Å². The molecule has 0 spiro atoms. The first-order valence-corrected chi connectivity index (χ1v) is 9.22.